The van der Waals surface area contributed by atoms with Crippen molar-refractivity contribution in [1.82, 2.24) is 4.57 Å². The third kappa shape index (κ3) is 5.50. The molecule has 1 N–H and O–H groups in total. The number of hydrogen-bond donors (Lipinski definition) is 1. The van der Waals surface area contributed by atoms with Gasteiger partial charge in [-0.25, -0.2) is 0 Å². The molecule has 0 aliphatic heterocycles. The molecule has 0 spiro atoms. The summed E-state index contributed by atoms with van der Waals surface area (Å²) in [7, 11) is 0. The first-order chi connectivity index (χ1) is 17.0. The topological polar surface area (TPSA) is 42.2 Å². The number of hydrogen-bond acceptors (Lipinski definition) is 2. The second-order valence-electron chi connectivity index (χ2n) is 10.6. The van der Waals surface area contributed by atoms with Crippen molar-refractivity contribution in [2.24, 2.45) is 5.41 Å². The molecule has 0 bridgehead atoms. The van der Waals surface area contributed by atoms with Crippen LogP contribution in [-0.2, 0) is 17.8 Å². The zero-order chi connectivity index (χ0) is 26.2. The number of carboxylic acids is 1. The highest BCUT2D eigenvalue weighted by atomic mass is 35.5. The quantitative estimate of drug-likeness (QED) is 0.252. The first kappa shape index (κ1) is 26.4. The summed E-state index contributed by atoms with van der Waals surface area (Å²) >= 11 is 7.89. The lowest BCUT2D eigenvalue weighted by Crippen LogP contribution is -2.27. The Balaban J connectivity index is 1.97. The molecule has 0 aliphatic carbocycles. The van der Waals surface area contributed by atoms with E-state index in [1.54, 1.807) is 11.8 Å². The number of aromatic nitrogens is 1. The van der Waals surface area contributed by atoms with Crippen molar-refractivity contribution in [2.75, 3.05) is 0 Å². The van der Waals surface area contributed by atoms with Gasteiger partial charge < -0.3 is 9.67 Å². The smallest absolute Gasteiger partial charge is 0.309 e. The lowest BCUT2D eigenvalue weighted by Gasteiger charge is -2.22. The van der Waals surface area contributed by atoms with Gasteiger partial charge in [0.1, 0.15) is 0 Å². The maximum Gasteiger partial charge on any atom is 0.309 e. The van der Waals surface area contributed by atoms with Gasteiger partial charge in [0.2, 0.25) is 0 Å². The molecule has 4 rings (SSSR count). The minimum atomic E-state index is -0.911. The van der Waals surface area contributed by atoms with Gasteiger partial charge in [0.25, 0.3) is 0 Å². The van der Waals surface area contributed by atoms with Crippen LogP contribution in [0.2, 0.25) is 5.02 Å². The number of rotatable bonds is 8. The van der Waals surface area contributed by atoms with Gasteiger partial charge in [0, 0.05) is 44.4 Å². The molecule has 0 atom stereocenters. The molecule has 1 aromatic heterocycles. The Bertz CT molecular complexity index is 1420. The number of halogens is 1. The standard InChI is InChI=1S/C31H34ClNO2S/c1-19(2)23-10-14-27-26(16-23)29(36-25-13-7-20(3)21(4)15-25)28(17-31(5,6)30(34)35)33(27)18-22-8-11-24(32)12-9-22/h7-16,19H,17-18H2,1-6H3,(H,34,35). The number of aliphatic carboxylic acids is 1. The summed E-state index contributed by atoms with van der Waals surface area (Å²) in [6.45, 7) is 12.9. The van der Waals surface area contributed by atoms with E-state index in [0.717, 1.165) is 26.6 Å². The molecule has 0 aliphatic rings. The number of benzene rings is 3. The Labute approximate surface area is 223 Å². The van der Waals surface area contributed by atoms with E-state index in [9.17, 15) is 9.90 Å². The van der Waals surface area contributed by atoms with Gasteiger partial charge in [-0.2, -0.15) is 0 Å². The van der Waals surface area contributed by atoms with Gasteiger partial charge in [-0.15, -0.1) is 0 Å². The van der Waals surface area contributed by atoms with Crippen LogP contribution in [0.25, 0.3) is 10.9 Å². The van der Waals surface area contributed by atoms with Crippen molar-refractivity contribution in [3.63, 3.8) is 0 Å². The maximum absolute atomic E-state index is 12.2. The normalized spacial score (nSPS) is 12.0. The zero-order valence-electron chi connectivity index (χ0n) is 21.9. The fourth-order valence-electron chi connectivity index (χ4n) is 4.39. The monoisotopic (exact) mass is 519 g/mol. The first-order valence-corrected chi connectivity index (χ1v) is 13.5. The van der Waals surface area contributed by atoms with E-state index in [2.05, 4.69) is 68.7 Å². The Morgan fingerprint density at radius 2 is 1.69 bits per heavy atom. The van der Waals surface area contributed by atoms with Crippen LogP contribution in [0.15, 0.2) is 70.5 Å². The van der Waals surface area contributed by atoms with E-state index in [4.69, 9.17) is 11.6 Å². The van der Waals surface area contributed by atoms with Crippen LogP contribution in [0.5, 0.6) is 0 Å². The molecule has 0 saturated carbocycles. The van der Waals surface area contributed by atoms with Crippen molar-refractivity contribution < 1.29 is 9.90 Å². The molecule has 3 aromatic carbocycles. The van der Waals surface area contributed by atoms with Gasteiger partial charge in [-0.3, -0.25) is 4.79 Å². The molecule has 4 aromatic rings. The molecule has 1 heterocycles. The molecule has 0 amide bonds. The predicted octanol–water partition coefficient (Wildman–Crippen LogP) is 8.89. The van der Waals surface area contributed by atoms with E-state index < -0.39 is 11.4 Å². The van der Waals surface area contributed by atoms with E-state index in [1.807, 2.05) is 38.1 Å². The van der Waals surface area contributed by atoms with Crippen molar-refractivity contribution in [1.29, 1.82) is 0 Å². The molecule has 36 heavy (non-hydrogen) atoms. The number of carbonyl (C=O) groups is 1. The lowest BCUT2D eigenvalue weighted by molar-refractivity contribution is -0.146. The van der Waals surface area contributed by atoms with E-state index in [1.165, 1.54) is 22.1 Å². The Kier molecular flexibility index (Phi) is 7.59. The highest BCUT2D eigenvalue weighted by Gasteiger charge is 2.32. The van der Waals surface area contributed by atoms with Gasteiger partial charge in [-0.1, -0.05) is 61.5 Å². The maximum atomic E-state index is 12.2. The van der Waals surface area contributed by atoms with E-state index >= 15 is 0 Å². The average molecular weight is 520 g/mol. The van der Waals surface area contributed by atoms with E-state index in [-0.39, 0.29) is 0 Å². The van der Waals surface area contributed by atoms with Crippen LogP contribution >= 0.6 is 23.4 Å². The van der Waals surface area contributed by atoms with Crippen LogP contribution in [-0.4, -0.2) is 15.6 Å². The Morgan fingerprint density at radius 1 is 1.00 bits per heavy atom. The van der Waals surface area contributed by atoms with Crippen molar-refractivity contribution in [3.05, 3.63) is 93.6 Å². The molecule has 0 radical (unpaired) electrons. The van der Waals surface area contributed by atoms with Crippen LogP contribution in [0, 0.1) is 19.3 Å². The lowest BCUT2D eigenvalue weighted by atomic mass is 9.88. The van der Waals surface area contributed by atoms with Crippen LogP contribution in [0.4, 0.5) is 0 Å². The molecule has 0 saturated heterocycles. The van der Waals surface area contributed by atoms with Crippen LogP contribution in [0.1, 0.15) is 61.6 Å². The Hall–Kier alpha value is -2.69. The molecule has 5 heteroatoms. The van der Waals surface area contributed by atoms with Crippen molar-refractivity contribution in [3.8, 4) is 0 Å². The number of nitrogens with zero attached hydrogens (tertiary/aromatic N) is 1. The van der Waals surface area contributed by atoms with Gasteiger partial charge in [-0.05, 0) is 92.3 Å². The summed E-state index contributed by atoms with van der Waals surface area (Å²) in [4.78, 5) is 14.5. The highest BCUT2D eigenvalue weighted by molar-refractivity contribution is 7.99. The first-order valence-electron chi connectivity index (χ1n) is 12.3. The van der Waals surface area contributed by atoms with E-state index in [0.29, 0.717) is 23.9 Å². The molecule has 3 nitrogen and oxygen atoms in total. The largest absolute Gasteiger partial charge is 0.481 e. The fourth-order valence-corrected chi connectivity index (χ4v) is 5.69. The second-order valence-corrected chi connectivity index (χ2v) is 12.2. The summed E-state index contributed by atoms with van der Waals surface area (Å²) in [6.07, 6.45) is 0.425. The van der Waals surface area contributed by atoms with Crippen molar-refractivity contribution >= 4 is 40.2 Å². The molecule has 188 valence electrons. The molecule has 0 unspecified atom stereocenters. The highest BCUT2D eigenvalue weighted by Crippen LogP contribution is 2.42. The molecular weight excluding hydrogens is 486 g/mol. The number of fused-ring (bicyclic) bond motifs is 1. The second kappa shape index (κ2) is 10.4. The third-order valence-corrected chi connectivity index (χ3v) is 8.35. The minimum absolute atomic E-state index is 0.396. The molecular formula is C31H34ClNO2S. The minimum Gasteiger partial charge on any atom is -0.481 e. The third-order valence-electron chi connectivity index (χ3n) is 6.95. The summed E-state index contributed by atoms with van der Waals surface area (Å²) in [6, 6.07) is 21.1. The van der Waals surface area contributed by atoms with Crippen LogP contribution < -0.4 is 0 Å². The fraction of sp³-hybridized carbons (Fsp3) is 0.323. The zero-order valence-corrected chi connectivity index (χ0v) is 23.4. The SMILES string of the molecule is Cc1ccc(Sc2c(CC(C)(C)C(=O)O)n(Cc3ccc(Cl)cc3)c3ccc(C(C)C)cc23)cc1C. The van der Waals surface area contributed by atoms with Crippen LogP contribution in [0.3, 0.4) is 0 Å². The summed E-state index contributed by atoms with van der Waals surface area (Å²) in [5.74, 6) is -0.400. The number of aryl methyl sites for hydroxylation is 2. The van der Waals surface area contributed by atoms with Gasteiger partial charge >= 0.3 is 5.97 Å². The van der Waals surface area contributed by atoms with Gasteiger partial charge in [0.15, 0.2) is 0 Å². The summed E-state index contributed by atoms with van der Waals surface area (Å²) in [5.41, 5.74) is 6.18. The average Bonchev–Trinajstić information content (AvgIpc) is 3.08. The predicted molar refractivity (Wildman–Crippen MR) is 152 cm³/mol. The number of carboxylic acid groups (broad SMARTS) is 1. The van der Waals surface area contributed by atoms with Crippen molar-refractivity contribution in [2.45, 2.75) is 70.2 Å². The summed E-state index contributed by atoms with van der Waals surface area (Å²) in [5, 5.41) is 11.9. The van der Waals surface area contributed by atoms with Gasteiger partial charge in [0.05, 0.1) is 5.41 Å². The molecule has 0 fully saturated rings. The Morgan fingerprint density at radius 3 is 2.31 bits per heavy atom. The summed E-state index contributed by atoms with van der Waals surface area (Å²) < 4.78 is 2.30.